The summed E-state index contributed by atoms with van der Waals surface area (Å²) in [6, 6.07) is 17.0. The largest absolute Gasteiger partial charge is 0.325 e. The van der Waals surface area contributed by atoms with Crippen molar-refractivity contribution in [2.75, 3.05) is 5.32 Å². The molecule has 0 fully saturated rings. The Morgan fingerprint density at radius 2 is 1.48 bits per heavy atom. The van der Waals surface area contributed by atoms with Gasteiger partial charge in [-0.2, -0.15) is 0 Å². The smallest absolute Gasteiger partial charge is 0.236 e. The average Bonchev–Trinajstić information content (AvgIpc) is 2.78. The summed E-state index contributed by atoms with van der Waals surface area (Å²) >= 11 is 0. The lowest BCUT2D eigenvalue weighted by atomic mass is 9.75. The molecule has 3 aromatic rings. The molecule has 0 bridgehead atoms. The van der Waals surface area contributed by atoms with E-state index in [1.807, 2.05) is 0 Å². The van der Waals surface area contributed by atoms with E-state index >= 15 is 0 Å². The topological polar surface area (TPSA) is 76.1 Å². The number of hydrogen-bond acceptors (Lipinski definition) is 4. The Hall–Kier alpha value is -3.67. The van der Waals surface area contributed by atoms with Gasteiger partial charge in [-0.05, 0) is 42.0 Å². The number of pyridine rings is 1. The van der Waals surface area contributed by atoms with Crippen LogP contribution in [0.4, 0.5) is 10.1 Å². The minimum atomic E-state index is -1.26. The fourth-order valence-electron chi connectivity index (χ4n) is 3.41. The van der Waals surface area contributed by atoms with Crippen LogP contribution in [-0.2, 0) is 9.59 Å². The van der Waals surface area contributed by atoms with Gasteiger partial charge in [0.05, 0.1) is 5.92 Å². The van der Waals surface area contributed by atoms with Crippen LogP contribution in [0, 0.1) is 17.7 Å². The number of aromatic nitrogens is 1. The van der Waals surface area contributed by atoms with Crippen molar-refractivity contribution in [2.45, 2.75) is 19.8 Å². The molecule has 1 heterocycles. The van der Waals surface area contributed by atoms with Gasteiger partial charge in [-0.3, -0.25) is 19.4 Å². The lowest BCUT2D eigenvalue weighted by molar-refractivity contribution is -0.133. The van der Waals surface area contributed by atoms with Crippen molar-refractivity contribution >= 4 is 23.2 Å². The standard InChI is InChI=1S/C25H23FN2O3/c1-16(2)23(29)22(25(31)28-20-12-14-27-15-13-20)21(17-6-4-3-5-7-17)24(30)18-8-10-19(26)11-9-18/h3-16,21-22H,1-2H3,(H,27,28,31). The van der Waals surface area contributed by atoms with E-state index in [0.717, 1.165) is 0 Å². The molecule has 0 saturated carbocycles. The monoisotopic (exact) mass is 418 g/mol. The molecule has 0 aliphatic carbocycles. The number of nitrogens with one attached hydrogen (secondary N) is 1. The first-order valence-corrected chi connectivity index (χ1v) is 9.98. The van der Waals surface area contributed by atoms with Gasteiger partial charge in [0.15, 0.2) is 5.78 Å². The molecule has 5 nitrogen and oxygen atoms in total. The lowest BCUT2D eigenvalue weighted by Crippen LogP contribution is -2.40. The number of amides is 1. The molecule has 0 aliphatic rings. The van der Waals surface area contributed by atoms with Gasteiger partial charge < -0.3 is 5.32 Å². The molecule has 1 aromatic heterocycles. The maximum atomic E-state index is 13.5. The number of Topliss-reactive ketones (excluding diaryl/α,β-unsaturated/α-hetero) is 2. The molecule has 1 N–H and O–H groups in total. The van der Waals surface area contributed by atoms with Gasteiger partial charge >= 0.3 is 0 Å². The first kappa shape index (κ1) is 22.0. The van der Waals surface area contributed by atoms with E-state index in [1.165, 1.54) is 36.7 Å². The molecule has 2 aromatic carbocycles. The van der Waals surface area contributed by atoms with E-state index in [9.17, 15) is 18.8 Å². The first-order chi connectivity index (χ1) is 14.9. The summed E-state index contributed by atoms with van der Waals surface area (Å²) in [6.07, 6.45) is 3.04. The van der Waals surface area contributed by atoms with Crippen LogP contribution in [-0.4, -0.2) is 22.5 Å². The van der Waals surface area contributed by atoms with Crippen LogP contribution < -0.4 is 5.32 Å². The average molecular weight is 418 g/mol. The Bertz CT molecular complexity index is 1050. The molecule has 3 rings (SSSR count). The summed E-state index contributed by atoms with van der Waals surface area (Å²) in [5.74, 6) is -4.60. The molecule has 0 saturated heterocycles. The Balaban J connectivity index is 2.08. The third-order valence-electron chi connectivity index (χ3n) is 5.01. The number of halogens is 1. The predicted molar refractivity (Wildman–Crippen MR) is 116 cm³/mol. The van der Waals surface area contributed by atoms with E-state index < -0.39 is 35.3 Å². The van der Waals surface area contributed by atoms with Crippen molar-refractivity contribution in [3.05, 3.63) is 96.1 Å². The van der Waals surface area contributed by atoms with Gasteiger partial charge in [0, 0.05) is 29.6 Å². The first-order valence-electron chi connectivity index (χ1n) is 9.98. The van der Waals surface area contributed by atoms with E-state index in [4.69, 9.17) is 0 Å². The van der Waals surface area contributed by atoms with Crippen molar-refractivity contribution in [3.63, 3.8) is 0 Å². The van der Waals surface area contributed by atoms with Crippen LogP contribution in [0.1, 0.15) is 35.7 Å². The van der Waals surface area contributed by atoms with Crippen molar-refractivity contribution in [1.29, 1.82) is 0 Å². The third-order valence-corrected chi connectivity index (χ3v) is 5.01. The summed E-state index contributed by atoms with van der Waals surface area (Å²) < 4.78 is 13.4. The van der Waals surface area contributed by atoms with E-state index in [-0.39, 0.29) is 11.3 Å². The number of anilines is 1. The van der Waals surface area contributed by atoms with E-state index in [0.29, 0.717) is 11.3 Å². The quantitative estimate of drug-likeness (QED) is 0.426. The van der Waals surface area contributed by atoms with Crippen LogP contribution in [0.15, 0.2) is 79.1 Å². The molecule has 2 atom stereocenters. The number of nitrogens with zero attached hydrogens (tertiary/aromatic N) is 1. The second-order valence-electron chi connectivity index (χ2n) is 7.52. The Labute approximate surface area is 180 Å². The molecule has 158 valence electrons. The Kier molecular flexibility index (Phi) is 7.03. The molecule has 2 unspecified atom stereocenters. The van der Waals surface area contributed by atoms with Crippen molar-refractivity contribution in [3.8, 4) is 0 Å². The van der Waals surface area contributed by atoms with Crippen LogP contribution in [0.2, 0.25) is 0 Å². The molecule has 0 aliphatic heterocycles. The van der Waals surface area contributed by atoms with Crippen LogP contribution in [0.3, 0.4) is 0 Å². The summed E-state index contributed by atoms with van der Waals surface area (Å²) in [5, 5.41) is 2.73. The van der Waals surface area contributed by atoms with Gasteiger partial charge in [0.25, 0.3) is 0 Å². The van der Waals surface area contributed by atoms with Crippen molar-refractivity contribution < 1.29 is 18.8 Å². The van der Waals surface area contributed by atoms with Crippen molar-refractivity contribution in [1.82, 2.24) is 4.98 Å². The maximum absolute atomic E-state index is 13.5. The summed E-state index contributed by atoms with van der Waals surface area (Å²) in [4.78, 5) is 43.9. The number of carbonyl (C=O) groups is 3. The molecule has 0 radical (unpaired) electrons. The fourth-order valence-corrected chi connectivity index (χ4v) is 3.41. The molecular weight excluding hydrogens is 395 g/mol. The van der Waals surface area contributed by atoms with Gasteiger partial charge in [0.1, 0.15) is 17.5 Å². The van der Waals surface area contributed by atoms with Crippen molar-refractivity contribution in [2.24, 2.45) is 11.8 Å². The van der Waals surface area contributed by atoms with E-state index in [1.54, 1.807) is 56.3 Å². The SMILES string of the molecule is CC(C)C(=O)C(C(=O)Nc1ccncc1)C(C(=O)c1ccc(F)cc1)c1ccccc1. The minimum Gasteiger partial charge on any atom is -0.325 e. The van der Waals surface area contributed by atoms with Gasteiger partial charge in [-0.1, -0.05) is 44.2 Å². The summed E-state index contributed by atoms with van der Waals surface area (Å²) in [5.41, 5.74) is 1.25. The highest BCUT2D eigenvalue weighted by Gasteiger charge is 2.41. The van der Waals surface area contributed by atoms with Crippen LogP contribution >= 0.6 is 0 Å². The number of rotatable bonds is 8. The second-order valence-corrected chi connectivity index (χ2v) is 7.52. The highest BCUT2D eigenvalue weighted by Crippen LogP contribution is 2.32. The maximum Gasteiger partial charge on any atom is 0.236 e. The zero-order valence-corrected chi connectivity index (χ0v) is 17.3. The zero-order chi connectivity index (χ0) is 22.4. The van der Waals surface area contributed by atoms with E-state index in [2.05, 4.69) is 10.3 Å². The molecule has 1 amide bonds. The number of carbonyl (C=O) groups excluding carboxylic acids is 3. The summed E-state index contributed by atoms with van der Waals surface area (Å²) in [6.45, 7) is 3.39. The minimum absolute atomic E-state index is 0.230. The molecular formula is C25H23FN2O3. The second kappa shape index (κ2) is 9.89. The van der Waals surface area contributed by atoms with Gasteiger partial charge in [0.2, 0.25) is 5.91 Å². The predicted octanol–water partition coefficient (Wildman–Crippen LogP) is 4.67. The number of hydrogen-bond donors (Lipinski definition) is 1. The van der Waals surface area contributed by atoms with Gasteiger partial charge in [-0.25, -0.2) is 4.39 Å². The third kappa shape index (κ3) is 5.28. The number of benzene rings is 2. The highest BCUT2D eigenvalue weighted by atomic mass is 19.1. The van der Waals surface area contributed by atoms with Crippen LogP contribution in [0.5, 0.6) is 0 Å². The molecule has 0 spiro atoms. The zero-order valence-electron chi connectivity index (χ0n) is 17.3. The Morgan fingerprint density at radius 3 is 2.06 bits per heavy atom. The fraction of sp³-hybridized carbons (Fsp3) is 0.200. The van der Waals surface area contributed by atoms with Gasteiger partial charge in [-0.15, -0.1) is 0 Å². The normalized spacial score (nSPS) is 12.8. The highest BCUT2D eigenvalue weighted by molar-refractivity contribution is 6.14. The number of ketones is 2. The lowest BCUT2D eigenvalue weighted by Gasteiger charge is -2.26. The summed E-state index contributed by atoms with van der Waals surface area (Å²) in [7, 11) is 0. The molecule has 6 heteroatoms. The Morgan fingerprint density at radius 1 is 0.871 bits per heavy atom. The van der Waals surface area contributed by atoms with Crippen LogP contribution in [0.25, 0.3) is 0 Å². The molecule has 31 heavy (non-hydrogen) atoms.